The number of piperidine rings is 1. The average Bonchev–Trinajstić information content (AvgIpc) is 3.39. The third-order valence-corrected chi connectivity index (χ3v) is 7.57. The van der Waals surface area contributed by atoms with Gasteiger partial charge in [-0.05, 0) is 55.0 Å². The molecule has 0 bridgehead atoms. The van der Waals surface area contributed by atoms with Crippen molar-refractivity contribution in [2.75, 3.05) is 18.0 Å². The second-order valence-electron chi connectivity index (χ2n) is 9.29. The highest BCUT2D eigenvalue weighted by Crippen LogP contribution is 2.35. The van der Waals surface area contributed by atoms with E-state index in [2.05, 4.69) is 18.7 Å². The molecule has 1 amide bonds. The van der Waals surface area contributed by atoms with Crippen molar-refractivity contribution < 1.29 is 9.21 Å². The molecular weight excluding hydrogens is 468 g/mol. The lowest BCUT2D eigenvalue weighted by Crippen LogP contribution is -2.40. The molecule has 0 spiro atoms. The number of hydrogen-bond acceptors (Lipinski definition) is 7. The Bertz CT molecular complexity index is 1350. The fourth-order valence-electron chi connectivity index (χ4n) is 4.78. The monoisotopic (exact) mass is 494 g/mol. The van der Waals surface area contributed by atoms with Crippen LogP contribution in [0.15, 0.2) is 50.8 Å². The minimum absolute atomic E-state index is 0.189. The highest BCUT2D eigenvalue weighted by molar-refractivity contribution is 8.26. The molecule has 5 rings (SSSR count). The van der Waals surface area contributed by atoms with E-state index in [1.807, 2.05) is 19.1 Å². The number of nitrogens with zero attached hydrogens (tertiary/aromatic N) is 4. The van der Waals surface area contributed by atoms with Crippen LogP contribution in [0.5, 0.6) is 0 Å². The fourth-order valence-corrected chi connectivity index (χ4v) is 6.01. The molecule has 176 valence electrons. The molecule has 2 fully saturated rings. The van der Waals surface area contributed by atoms with Crippen molar-refractivity contribution in [3.8, 4) is 0 Å². The minimum atomic E-state index is -0.230. The van der Waals surface area contributed by atoms with Crippen LogP contribution in [-0.4, -0.2) is 37.6 Å². The van der Waals surface area contributed by atoms with Gasteiger partial charge in [-0.2, -0.15) is 0 Å². The van der Waals surface area contributed by atoms with Crippen molar-refractivity contribution in [3.05, 3.63) is 68.9 Å². The molecule has 0 aliphatic carbocycles. The molecule has 2 aliphatic heterocycles. The molecule has 7 nitrogen and oxygen atoms in total. The summed E-state index contributed by atoms with van der Waals surface area (Å²) in [4.78, 5) is 35.9. The lowest BCUT2D eigenvalue weighted by molar-refractivity contribution is -0.122. The van der Waals surface area contributed by atoms with E-state index < -0.39 is 0 Å². The number of rotatable bonds is 4. The summed E-state index contributed by atoms with van der Waals surface area (Å²) in [6.45, 7) is 8.28. The van der Waals surface area contributed by atoms with Crippen LogP contribution in [0.1, 0.15) is 37.2 Å². The van der Waals surface area contributed by atoms with Gasteiger partial charge in [0.25, 0.3) is 11.5 Å². The van der Waals surface area contributed by atoms with Gasteiger partial charge < -0.3 is 9.32 Å². The Labute approximate surface area is 207 Å². The SMILES string of the molecule is Cc1ccc2nc(N3C[C@H](C)C[C@@H](C)C3)c(/C=C3\SC(=S)N(Cc4ccco4)C3=O)c(=O)n2c1. The topological polar surface area (TPSA) is 71.1 Å². The number of hydrogen-bond donors (Lipinski definition) is 0. The summed E-state index contributed by atoms with van der Waals surface area (Å²) < 4.78 is 7.39. The maximum Gasteiger partial charge on any atom is 0.267 e. The van der Waals surface area contributed by atoms with Gasteiger partial charge in [-0.25, -0.2) is 4.98 Å². The van der Waals surface area contributed by atoms with Crippen LogP contribution in [-0.2, 0) is 11.3 Å². The Morgan fingerprint density at radius 2 is 1.97 bits per heavy atom. The summed E-state index contributed by atoms with van der Waals surface area (Å²) in [5, 5.41) is 0. The maximum atomic E-state index is 13.7. The fraction of sp³-hybridized carbons (Fsp3) is 0.360. The first-order chi connectivity index (χ1) is 16.3. The molecule has 2 atom stereocenters. The molecule has 9 heteroatoms. The first-order valence-electron chi connectivity index (χ1n) is 11.4. The number of amides is 1. The molecule has 0 aromatic carbocycles. The third-order valence-electron chi connectivity index (χ3n) is 6.20. The van der Waals surface area contributed by atoms with Gasteiger partial charge in [0.05, 0.1) is 23.3 Å². The van der Waals surface area contributed by atoms with Gasteiger partial charge in [0.1, 0.15) is 21.5 Å². The van der Waals surface area contributed by atoms with E-state index in [-0.39, 0.29) is 18.0 Å². The third kappa shape index (κ3) is 4.30. The van der Waals surface area contributed by atoms with Crippen molar-refractivity contribution >= 4 is 51.7 Å². The summed E-state index contributed by atoms with van der Waals surface area (Å²) in [6, 6.07) is 7.40. The van der Waals surface area contributed by atoms with E-state index in [9.17, 15) is 9.59 Å². The Morgan fingerprint density at radius 3 is 2.68 bits per heavy atom. The van der Waals surface area contributed by atoms with Crippen molar-refractivity contribution in [1.82, 2.24) is 14.3 Å². The van der Waals surface area contributed by atoms with Gasteiger partial charge in [0, 0.05) is 19.3 Å². The Hall–Kier alpha value is -2.91. The number of carbonyl (C=O) groups excluding carboxylic acids is 1. The number of carbonyl (C=O) groups is 1. The van der Waals surface area contributed by atoms with E-state index in [4.69, 9.17) is 21.6 Å². The van der Waals surface area contributed by atoms with E-state index in [1.54, 1.807) is 35.1 Å². The summed E-state index contributed by atoms with van der Waals surface area (Å²) in [7, 11) is 0. The first-order valence-corrected chi connectivity index (χ1v) is 12.6. The molecule has 34 heavy (non-hydrogen) atoms. The van der Waals surface area contributed by atoms with Crippen LogP contribution in [0.3, 0.4) is 0 Å². The number of furan rings is 1. The van der Waals surface area contributed by atoms with Gasteiger partial charge in [-0.15, -0.1) is 0 Å². The summed E-state index contributed by atoms with van der Waals surface area (Å²) in [6.07, 6.45) is 6.17. The minimum Gasteiger partial charge on any atom is -0.467 e. The Kier molecular flexibility index (Phi) is 6.07. The van der Waals surface area contributed by atoms with Crippen LogP contribution in [0.25, 0.3) is 11.7 Å². The summed E-state index contributed by atoms with van der Waals surface area (Å²) in [5.41, 5.74) is 1.79. The van der Waals surface area contributed by atoms with Crippen molar-refractivity contribution in [2.45, 2.75) is 33.7 Å². The van der Waals surface area contributed by atoms with Crippen LogP contribution in [0.4, 0.5) is 5.82 Å². The number of fused-ring (bicyclic) bond motifs is 1. The molecular formula is C25H26N4O3S2. The summed E-state index contributed by atoms with van der Waals surface area (Å²) >= 11 is 6.68. The molecule has 0 N–H and O–H groups in total. The number of thiocarbonyl (C=S) groups is 1. The van der Waals surface area contributed by atoms with Crippen LogP contribution >= 0.6 is 24.0 Å². The first kappa shape index (κ1) is 22.9. The van der Waals surface area contributed by atoms with Crippen molar-refractivity contribution in [1.29, 1.82) is 0 Å². The molecule has 5 heterocycles. The number of anilines is 1. The van der Waals surface area contributed by atoms with Gasteiger partial charge in [0.15, 0.2) is 0 Å². The van der Waals surface area contributed by atoms with Crippen molar-refractivity contribution in [3.63, 3.8) is 0 Å². The van der Waals surface area contributed by atoms with Gasteiger partial charge >= 0.3 is 0 Å². The normalized spacial score (nSPS) is 22.4. The molecule has 3 aromatic heterocycles. The number of aryl methyl sites for hydroxylation is 1. The zero-order chi connectivity index (χ0) is 24.0. The number of aromatic nitrogens is 2. The van der Waals surface area contributed by atoms with Gasteiger partial charge in [-0.3, -0.25) is 18.9 Å². The highest BCUT2D eigenvalue weighted by atomic mass is 32.2. The molecule has 2 aliphatic rings. The smallest absolute Gasteiger partial charge is 0.267 e. The van der Waals surface area contributed by atoms with E-state index >= 15 is 0 Å². The largest absolute Gasteiger partial charge is 0.467 e. The molecule has 0 unspecified atom stereocenters. The second-order valence-corrected chi connectivity index (χ2v) is 11.0. The average molecular weight is 495 g/mol. The molecule has 3 aromatic rings. The number of pyridine rings is 1. The molecule has 0 radical (unpaired) electrons. The zero-order valence-corrected chi connectivity index (χ0v) is 21.0. The Morgan fingerprint density at radius 1 is 1.21 bits per heavy atom. The Balaban J connectivity index is 1.61. The van der Waals surface area contributed by atoms with E-state index in [0.29, 0.717) is 43.9 Å². The number of thioether (sulfide) groups is 1. The van der Waals surface area contributed by atoms with Crippen LogP contribution < -0.4 is 10.5 Å². The predicted octanol–water partition coefficient (Wildman–Crippen LogP) is 4.48. The van der Waals surface area contributed by atoms with Gasteiger partial charge in [-0.1, -0.05) is 43.9 Å². The van der Waals surface area contributed by atoms with E-state index in [1.165, 1.54) is 16.7 Å². The maximum absolute atomic E-state index is 13.7. The standard InChI is InChI=1S/C25H26N4O3S2/c1-15-6-7-21-26-22(27-11-16(2)9-17(3)12-27)19(23(30)28(21)13-15)10-20-24(31)29(25(33)34-20)14-18-5-4-8-32-18/h4-8,10,13,16-17H,9,11-12,14H2,1-3H3/b20-10-/t16-,17-/m1/s1. The lowest BCUT2D eigenvalue weighted by atomic mass is 9.91. The van der Waals surface area contributed by atoms with Crippen molar-refractivity contribution in [2.24, 2.45) is 11.8 Å². The molecule has 2 saturated heterocycles. The summed E-state index contributed by atoms with van der Waals surface area (Å²) in [5.74, 6) is 2.02. The van der Waals surface area contributed by atoms with E-state index in [0.717, 1.165) is 25.1 Å². The molecule has 0 saturated carbocycles. The highest BCUT2D eigenvalue weighted by Gasteiger charge is 2.34. The van der Waals surface area contributed by atoms with Crippen LogP contribution in [0.2, 0.25) is 0 Å². The lowest BCUT2D eigenvalue weighted by Gasteiger charge is -2.36. The quantitative estimate of drug-likeness (QED) is 0.391. The van der Waals surface area contributed by atoms with Gasteiger partial charge in [0.2, 0.25) is 0 Å². The van der Waals surface area contributed by atoms with Crippen LogP contribution in [0, 0.1) is 18.8 Å². The second kappa shape index (κ2) is 9.03. The zero-order valence-electron chi connectivity index (χ0n) is 19.4. The predicted molar refractivity (Wildman–Crippen MR) is 139 cm³/mol.